The van der Waals surface area contributed by atoms with E-state index in [1.807, 2.05) is 0 Å². The minimum atomic E-state index is 1.14. The fraction of sp³-hybridized carbons (Fsp3) is 0.500. The lowest BCUT2D eigenvalue weighted by Crippen LogP contribution is -1.93. The van der Waals surface area contributed by atoms with Gasteiger partial charge in [-0.05, 0) is 24.6 Å². The second-order valence-corrected chi connectivity index (χ2v) is 2.52. The maximum atomic E-state index is 3.50. The highest BCUT2D eigenvalue weighted by molar-refractivity contribution is 7.21. The lowest BCUT2D eigenvalue weighted by molar-refractivity contribution is 1.05. The van der Waals surface area contributed by atoms with Crippen LogP contribution in [0.15, 0.2) is 12.2 Å². The quantitative estimate of drug-likeness (QED) is 0.332. The van der Waals surface area contributed by atoms with Crippen LogP contribution in [0, 0.1) is 0 Å². The summed E-state index contributed by atoms with van der Waals surface area (Å²) in [5.74, 6) is 0. The molecule has 0 radical (unpaired) electrons. The van der Waals surface area contributed by atoms with Crippen LogP contribution in [0.2, 0.25) is 0 Å². The predicted molar refractivity (Wildman–Crippen MR) is 36.3 cm³/mol. The molecule has 1 rings (SSSR count). The van der Waals surface area contributed by atoms with Crippen molar-refractivity contribution in [2.24, 2.45) is 0 Å². The molecule has 7 heavy (non-hydrogen) atoms. The molecule has 0 atom stereocenters. The number of rotatable bonds is 0. The molecule has 0 saturated heterocycles. The van der Waals surface area contributed by atoms with E-state index in [-0.39, 0.29) is 0 Å². The summed E-state index contributed by atoms with van der Waals surface area (Å²) in [6.45, 7) is 0. The minimum Gasteiger partial charge on any atom is -0.123 e. The summed E-state index contributed by atoms with van der Waals surface area (Å²) < 4.78 is 0. The highest BCUT2D eigenvalue weighted by atomic mass is 31.0. The van der Waals surface area contributed by atoms with Crippen molar-refractivity contribution in [1.82, 2.24) is 0 Å². The van der Waals surface area contributed by atoms with Crippen LogP contribution in [-0.2, 0) is 0 Å². The SMILES string of the molecule is P=C1CC=CCC1. The van der Waals surface area contributed by atoms with Gasteiger partial charge in [-0.25, -0.2) is 0 Å². The van der Waals surface area contributed by atoms with Crippen LogP contribution in [0.25, 0.3) is 0 Å². The van der Waals surface area contributed by atoms with Gasteiger partial charge in [-0.3, -0.25) is 0 Å². The molecule has 0 fully saturated rings. The molecule has 0 unspecified atom stereocenters. The summed E-state index contributed by atoms with van der Waals surface area (Å²) in [4.78, 5) is 0. The first-order chi connectivity index (χ1) is 3.39. The Hall–Kier alpha value is -0.0900. The normalized spacial score (nSPS) is 20.3. The molecule has 0 bridgehead atoms. The number of hydrogen-bond acceptors (Lipinski definition) is 0. The highest BCUT2D eigenvalue weighted by Crippen LogP contribution is 2.07. The number of allylic oxidation sites excluding steroid dienone is 2. The standard InChI is InChI=1S/C6H9P/c7-6-4-2-1-3-5-6/h1-2,7H,3-5H2. The second kappa shape index (κ2) is 2.28. The van der Waals surface area contributed by atoms with Gasteiger partial charge in [0.2, 0.25) is 0 Å². The predicted octanol–water partition coefficient (Wildman–Crippen LogP) is 2.04. The topological polar surface area (TPSA) is 0 Å². The smallest absolute Gasteiger partial charge is 0.00978 e. The van der Waals surface area contributed by atoms with E-state index >= 15 is 0 Å². The third-order valence-electron chi connectivity index (χ3n) is 1.14. The van der Waals surface area contributed by atoms with Gasteiger partial charge in [0.15, 0.2) is 0 Å². The van der Waals surface area contributed by atoms with Crippen molar-refractivity contribution < 1.29 is 0 Å². The maximum absolute atomic E-state index is 3.50. The Morgan fingerprint density at radius 3 is 2.57 bits per heavy atom. The van der Waals surface area contributed by atoms with Gasteiger partial charge in [0.05, 0.1) is 0 Å². The minimum absolute atomic E-state index is 1.14. The van der Waals surface area contributed by atoms with Crippen LogP contribution in [0.3, 0.4) is 0 Å². The van der Waals surface area contributed by atoms with Crippen molar-refractivity contribution in [3.8, 4) is 0 Å². The molecule has 0 N–H and O–H groups in total. The molecule has 38 valence electrons. The van der Waals surface area contributed by atoms with E-state index in [1.165, 1.54) is 18.1 Å². The Kier molecular flexibility index (Phi) is 1.64. The summed E-state index contributed by atoms with van der Waals surface area (Å²) >= 11 is 0. The summed E-state index contributed by atoms with van der Waals surface area (Å²) in [5, 5.41) is 1.43. The van der Waals surface area contributed by atoms with E-state index in [0.29, 0.717) is 0 Å². The summed E-state index contributed by atoms with van der Waals surface area (Å²) in [6.07, 6.45) is 8.01. The van der Waals surface area contributed by atoms with Gasteiger partial charge in [0.1, 0.15) is 0 Å². The Balaban J connectivity index is 2.47. The van der Waals surface area contributed by atoms with Gasteiger partial charge in [-0.1, -0.05) is 12.2 Å². The van der Waals surface area contributed by atoms with Crippen LogP contribution in [0.1, 0.15) is 19.3 Å². The van der Waals surface area contributed by atoms with E-state index in [9.17, 15) is 0 Å². The largest absolute Gasteiger partial charge is 0.123 e. The summed E-state index contributed by atoms with van der Waals surface area (Å²) in [5.41, 5.74) is 0. The Morgan fingerprint density at radius 2 is 2.29 bits per heavy atom. The Labute approximate surface area is 46.5 Å². The molecule has 1 aliphatic rings. The second-order valence-electron chi connectivity index (χ2n) is 1.82. The maximum Gasteiger partial charge on any atom is -0.00978 e. The van der Waals surface area contributed by atoms with Crippen molar-refractivity contribution >= 4 is 14.2 Å². The van der Waals surface area contributed by atoms with Crippen LogP contribution in [0.5, 0.6) is 0 Å². The zero-order chi connectivity index (χ0) is 5.11. The Bertz CT molecular complexity index is 103. The van der Waals surface area contributed by atoms with Crippen LogP contribution < -0.4 is 0 Å². The van der Waals surface area contributed by atoms with E-state index in [1.54, 1.807) is 0 Å². The molecule has 0 aromatic heterocycles. The van der Waals surface area contributed by atoms with Crippen LogP contribution in [-0.4, -0.2) is 5.29 Å². The zero-order valence-corrected chi connectivity index (χ0v) is 5.28. The van der Waals surface area contributed by atoms with Gasteiger partial charge in [-0.2, -0.15) is 0 Å². The molecule has 0 aromatic rings. The summed E-state index contributed by atoms with van der Waals surface area (Å²) in [7, 11) is 3.50. The lowest BCUT2D eigenvalue weighted by atomic mass is 10.1. The molecule has 0 spiro atoms. The van der Waals surface area contributed by atoms with E-state index < -0.39 is 0 Å². The van der Waals surface area contributed by atoms with Gasteiger partial charge < -0.3 is 0 Å². The van der Waals surface area contributed by atoms with Gasteiger partial charge in [-0.15, -0.1) is 8.86 Å². The average molecular weight is 112 g/mol. The van der Waals surface area contributed by atoms with Crippen molar-refractivity contribution in [2.75, 3.05) is 0 Å². The van der Waals surface area contributed by atoms with Crippen molar-refractivity contribution in [3.63, 3.8) is 0 Å². The fourth-order valence-electron chi connectivity index (χ4n) is 0.703. The number of hydrogen-bond donors (Lipinski definition) is 0. The first-order valence-corrected chi connectivity index (χ1v) is 3.11. The molecular weight excluding hydrogens is 103 g/mol. The first kappa shape index (κ1) is 5.05. The molecule has 0 saturated carbocycles. The molecule has 1 heteroatoms. The van der Waals surface area contributed by atoms with Gasteiger partial charge in [0.25, 0.3) is 0 Å². The van der Waals surface area contributed by atoms with Gasteiger partial charge in [0, 0.05) is 0 Å². The van der Waals surface area contributed by atoms with Gasteiger partial charge >= 0.3 is 0 Å². The van der Waals surface area contributed by atoms with E-state index in [2.05, 4.69) is 21.0 Å². The fourth-order valence-corrected chi connectivity index (χ4v) is 0.965. The third kappa shape index (κ3) is 1.44. The van der Waals surface area contributed by atoms with Crippen molar-refractivity contribution in [3.05, 3.63) is 12.2 Å². The molecule has 0 amide bonds. The first-order valence-electron chi connectivity index (χ1n) is 2.61. The Morgan fingerprint density at radius 1 is 1.43 bits per heavy atom. The molecular formula is C6H9P. The molecule has 1 aliphatic carbocycles. The summed E-state index contributed by atoms with van der Waals surface area (Å²) in [6, 6.07) is 0. The third-order valence-corrected chi connectivity index (χ3v) is 1.60. The van der Waals surface area contributed by atoms with Crippen molar-refractivity contribution in [2.45, 2.75) is 19.3 Å². The molecule has 0 nitrogen and oxygen atoms in total. The lowest BCUT2D eigenvalue weighted by Gasteiger charge is -2.02. The van der Waals surface area contributed by atoms with E-state index in [4.69, 9.17) is 0 Å². The highest BCUT2D eigenvalue weighted by Gasteiger charge is 1.94. The van der Waals surface area contributed by atoms with E-state index in [0.717, 1.165) is 6.42 Å². The van der Waals surface area contributed by atoms with Crippen molar-refractivity contribution in [1.29, 1.82) is 0 Å². The average Bonchev–Trinajstić information content (AvgIpc) is 1.69. The molecule has 0 aromatic carbocycles. The molecule has 0 aliphatic heterocycles. The molecule has 0 heterocycles. The zero-order valence-electron chi connectivity index (χ0n) is 4.28. The van der Waals surface area contributed by atoms with Crippen LogP contribution in [0.4, 0.5) is 0 Å². The van der Waals surface area contributed by atoms with Crippen LogP contribution >= 0.6 is 8.86 Å². The monoisotopic (exact) mass is 112 g/mol.